The van der Waals surface area contributed by atoms with E-state index in [0.717, 1.165) is 5.56 Å². The molecule has 0 heterocycles. The molecule has 0 aromatic heterocycles. The van der Waals surface area contributed by atoms with Crippen LogP contribution in [0.25, 0.3) is 0 Å². The number of hydrogen-bond acceptors (Lipinski definition) is 2. The summed E-state index contributed by atoms with van der Waals surface area (Å²) in [5, 5.41) is 0. The standard InChI is InChI=1S/C13H11BrFNO/c1-8-3-2-4-11(13(8)16)17-12-7-9(15)5-6-10(12)14/h2-7H,16H2,1H3. The predicted octanol–water partition coefficient (Wildman–Crippen LogP) is 4.27. The van der Waals surface area contributed by atoms with Crippen LogP contribution in [-0.4, -0.2) is 0 Å². The number of anilines is 1. The summed E-state index contributed by atoms with van der Waals surface area (Å²) in [5.74, 6) is 0.577. The minimum absolute atomic E-state index is 0.352. The molecular formula is C13H11BrFNO. The van der Waals surface area contributed by atoms with Crippen molar-refractivity contribution in [1.29, 1.82) is 0 Å². The molecule has 0 aliphatic rings. The van der Waals surface area contributed by atoms with E-state index in [2.05, 4.69) is 15.9 Å². The quantitative estimate of drug-likeness (QED) is 0.840. The van der Waals surface area contributed by atoms with Gasteiger partial charge >= 0.3 is 0 Å². The number of nitrogens with two attached hydrogens (primary N) is 1. The van der Waals surface area contributed by atoms with Crippen LogP contribution < -0.4 is 10.5 Å². The van der Waals surface area contributed by atoms with Crippen LogP contribution in [0.5, 0.6) is 11.5 Å². The van der Waals surface area contributed by atoms with Crippen molar-refractivity contribution in [3.8, 4) is 11.5 Å². The smallest absolute Gasteiger partial charge is 0.150 e. The van der Waals surface area contributed by atoms with Crippen molar-refractivity contribution in [2.75, 3.05) is 5.73 Å². The van der Waals surface area contributed by atoms with Crippen molar-refractivity contribution >= 4 is 21.6 Å². The van der Waals surface area contributed by atoms with Crippen LogP contribution in [0.4, 0.5) is 10.1 Å². The molecule has 4 heteroatoms. The van der Waals surface area contributed by atoms with Crippen molar-refractivity contribution in [3.05, 3.63) is 52.3 Å². The van der Waals surface area contributed by atoms with Gasteiger partial charge in [-0.25, -0.2) is 4.39 Å². The van der Waals surface area contributed by atoms with Gasteiger partial charge in [-0.05, 0) is 46.6 Å². The Morgan fingerprint density at radius 1 is 1.18 bits per heavy atom. The largest absolute Gasteiger partial charge is 0.454 e. The molecule has 2 rings (SSSR count). The zero-order valence-corrected chi connectivity index (χ0v) is 10.8. The van der Waals surface area contributed by atoms with Crippen LogP contribution in [0.3, 0.4) is 0 Å². The molecule has 2 aromatic rings. The van der Waals surface area contributed by atoms with Crippen molar-refractivity contribution < 1.29 is 9.13 Å². The number of para-hydroxylation sites is 1. The molecule has 2 nitrogen and oxygen atoms in total. The molecule has 0 radical (unpaired) electrons. The lowest BCUT2D eigenvalue weighted by Gasteiger charge is -2.11. The Morgan fingerprint density at radius 2 is 1.94 bits per heavy atom. The van der Waals surface area contributed by atoms with Crippen molar-refractivity contribution in [2.24, 2.45) is 0 Å². The van der Waals surface area contributed by atoms with Gasteiger partial charge in [-0.1, -0.05) is 12.1 Å². The van der Waals surface area contributed by atoms with Crippen LogP contribution in [0.2, 0.25) is 0 Å². The summed E-state index contributed by atoms with van der Waals surface area (Å²) in [6.07, 6.45) is 0. The predicted molar refractivity (Wildman–Crippen MR) is 69.8 cm³/mol. The molecule has 2 aromatic carbocycles. The highest BCUT2D eigenvalue weighted by Gasteiger charge is 2.08. The van der Waals surface area contributed by atoms with Crippen molar-refractivity contribution in [2.45, 2.75) is 6.92 Å². The van der Waals surface area contributed by atoms with E-state index in [4.69, 9.17) is 10.5 Å². The molecule has 2 N–H and O–H groups in total. The number of ether oxygens (including phenoxy) is 1. The Bertz CT molecular complexity index is 557. The van der Waals surface area contributed by atoms with Gasteiger partial charge in [0.25, 0.3) is 0 Å². The molecule has 0 spiro atoms. The second kappa shape index (κ2) is 4.75. The van der Waals surface area contributed by atoms with Gasteiger partial charge < -0.3 is 10.5 Å². The lowest BCUT2D eigenvalue weighted by molar-refractivity contribution is 0.475. The first kappa shape index (κ1) is 11.9. The van der Waals surface area contributed by atoms with Crippen molar-refractivity contribution in [3.63, 3.8) is 0 Å². The van der Waals surface area contributed by atoms with E-state index in [-0.39, 0.29) is 5.82 Å². The second-order valence-corrected chi connectivity index (χ2v) is 4.52. The van der Waals surface area contributed by atoms with Crippen molar-refractivity contribution in [1.82, 2.24) is 0 Å². The van der Waals surface area contributed by atoms with E-state index < -0.39 is 0 Å². The molecule has 0 saturated heterocycles. The Hall–Kier alpha value is -1.55. The Kier molecular flexibility index (Phi) is 3.33. The van der Waals surface area contributed by atoms with E-state index in [1.807, 2.05) is 19.1 Å². The molecule has 0 fully saturated rings. The highest BCUT2D eigenvalue weighted by Crippen LogP contribution is 2.34. The first-order valence-electron chi connectivity index (χ1n) is 5.06. The van der Waals surface area contributed by atoms with Crippen LogP contribution in [0.15, 0.2) is 40.9 Å². The van der Waals surface area contributed by atoms with Gasteiger partial charge in [0.1, 0.15) is 11.6 Å². The highest BCUT2D eigenvalue weighted by atomic mass is 79.9. The molecule has 0 amide bonds. The molecule has 17 heavy (non-hydrogen) atoms. The minimum atomic E-state index is -0.352. The van der Waals surface area contributed by atoms with E-state index in [9.17, 15) is 4.39 Å². The fourth-order valence-electron chi connectivity index (χ4n) is 1.42. The van der Waals surface area contributed by atoms with Crippen LogP contribution >= 0.6 is 15.9 Å². The fourth-order valence-corrected chi connectivity index (χ4v) is 1.74. The summed E-state index contributed by atoms with van der Waals surface area (Å²) in [4.78, 5) is 0. The van der Waals surface area contributed by atoms with Gasteiger partial charge in [-0.2, -0.15) is 0 Å². The second-order valence-electron chi connectivity index (χ2n) is 3.66. The maximum atomic E-state index is 13.1. The first-order chi connectivity index (χ1) is 8.08. The summed E-state index contributed by atoms with van der Waals surface area (Å²) in [7, 11) is 0. The third kappa shape index (κ3) is 2.58. The molecule has 0 atom stereocenters. The van der Waals surface area contributed by atoms with Gasteiger partial charge in [-0.15, -0.1) is 0 Å². The van der Waals surface area contributed by atoms with Crippen LogP contribution in [0, 0.1) is 12.7 Å². The average molecular weight is 296 g/mol. The molecule has 0 bridgehead atoms. The lowest BCUT2D eigenvalue weighted by Crippen LogP contribution is -1.95. The highest BCUT2D eigenvalue weighted by molar-refractivity contribution is 9.10. The number of halogens is 2. The number of aryl methyl sites for hydroxylation is 1. The molecular weight excluding hydrogens is 285 g/mol. The molecule has 88 valence electrons. The fraction of sp³-hybridized carbons (Fsp3) is 0.0769. The summed E-state index contributed by atoms with van der Waals surface area (Å²) in [6.45, 7) is 1.89. The van der Waals surface area contributed by atoms with Crippen LogP contribution in [0.1, 0.15) is 5.56 Å². The monoisotopic (exact) mass is 295 g/mol. The zero-order valence-electron chi connectivity index (χ0n) is 9.21. The third-order valence-electron chi connectivity index (χ3n) is 2.40. The zero-order chi connectivity index (χ0) is 12.4. The first-order valence-corrected chi connectivity index (χ1v) is 5.85. The molecule has 0 aliphatic heterocycles. The Balaban J connectivity index is 2.38. The number of hydrogen-bond donors (Lipinski definition) is 1. The number of nitrogen functional groups attached to an aromatic ring is 1. The normalized spacial score (nSPS) is 10.3. The summed E-state index contributed by atoms with van der Waals surface area (Å²) < 4.78 is 19.4. The van der Waals surface area contributed by atoms with Gasteiger partial charge in [0.15, 0.2) is 5.75 Å². The van der Waals surface area contributed by atoms with Gasteiger partial charge in [0, 0.05) is 6.07 Å². The van der Waals surface area contributed by atoms with E-state index in [1.165, 1.54) is 12.1 Å². The maximum Gasteiger partial charge on any atom is 0.150 e. The molecule has 0 saturated carbocycles. The van der Waals surface area contributed by atoms with Crippen LogP contribution in [-0.2, 0) is 0 Å². The van der Waals surface area contributed by atoms with Gasteiger partial charge in [0.2, 0.25) is 0 Å². The lowest BCUT2D eigenvalue weighted by atomic mass is 10.2. The van der Waals surface area contributed by atoms with E-state index >= 15 is 0 Å². The van der Waals surface area contributed by atoms with Gasteiger partial charge in [0.05, 0.1) is 10.2 Å². The SMILES string of the molecule is Cc1cccc(Oc2cc(F)ccc2Br)c1N. The summed E-state index contributed by atoms with van der Waals surface area (Å²) >= 11 is 3.30. The molecule has 0 unspecified atom stereocenters. The third-order valence-corrected chi connectivity index (χ3v) is 3.05. The summed E-state index contributed by atoms with van der Waals surface area (Å²) in [5.41, 5.74) is 7.37. The Morgan fingerprint density at radius 3 is 2.71 bits per heavy atom. The maximum absolute atomic E-state index is 13.1. The average Bonchev–Trinajstić information content (AvgIpc) is 2.30. The topological polar surface area (TPSA) is 35.2 Å². The molecule has 0 aliphatic carbocycles. The number of rotatable bonds is 2. The van der Waals surface area contributed by atoms with Gasteiger partial charge in [-0.3, -0.25) is 0 Å². The Labute approximate surface area is 107 Å². The van der Waals surface area contributed by atoms with E-state index in [1.54, 1.807) is 12.1 Å². The summed E-state index contributed by atoms with van der Waals surface area (Å²) in [6, 6.07) is 9.75. The number of benzene rings is 2. The van der Waals surface area contributed by atoms with E-state index in [0.29, 0.717) is 21.7 Å². The minimum Gasteiger partial charge on any atom is -0.454 e.